The van der Waals surface area contributed by atoms with Crippen molar-refractivity contribution in [3.05, 3.63) is 16.6 Å². The molecule has 0 aromatic carbocycles. The normalized spacial score (nSPS) is 22.9. The van der Waals surface area contributed by atoms with E-state index in [1.807, 2.05) is 5.38 Å². The van der Waals surface area contributed by atoms with Crippen LogP contribution < -0.4 is 5.73 Å². The van der Waals surface area contributed by atoms with Crippen LogP contribution in [0, 0.1) is 0 Å². The molecule has 1 atom stereocenters. The molecule has 1 aliphatic heterocycles. The summed E-state index contributed by atoms with van der Waals surface area (Å²) in [7, 11) is 0. The maximum absolute atomic E-state index is 11.7. The number of nitrogens with two attached hydrogens (primary N) is 1. The molecule has 2 rings (SSSR count). The summed E-state index contributed by atoms with van der Waals surface area (Å²) in [6.07, 6.45) is 3.83. The Morgan fingerprint density at radius 3 is 3.27 bits per heavy atom. The van der Waals surface area contributed by atoms with Gasteiger partial charge in [-0.15, -0.1) is 11.3 Å². The second-order valence-corrected chi connectivity index (χ2v) is 4.79. The Morgan fingerprint density at radius 1 is 1.73 bits per heavy atom. The highest BCUT2D eigenvalue weighted by atomic mass is 32.1. The lowest BCUT2D eigenvalue weighted by molar-refractivity contribution is 0.0908. The fraction of sp³-hybridized carbons (Fsp3) is 0.600. The molecule has 1 aromatic heterocycles. The first-order valence-electron chi connectivity index (χ1n) is 5.16. The first-order chi connectivity index (χ1) is 7.25. The summed E-state index contributed by atoms with van der Waals surface area (Å²) in [4.78, 5) is 17.9. The van der Waals surface area contributed by atoms with Crippen molar-refractivity contribution < 1.29 is 4.79 Å². The van der Waals surface area contributed by atoms with Crippen LogP contribution in [0.25, 0.3) is 0 Å². The number of ketones is 1. The van der Waals surface area contributed by atoms with E-state index in [0.717, 1.165) is 25.9 Å². The van der Waals surface area contributed by atoms with Gasteiger partial charge in [0, 0.05) is 24.2 Å². The highest BCUT2D eigenvalue weighted by Crippen LogP contribution is 2.11. The number of carbonyl (C=O) groups excluding carboxylic acids is 1. The molecule has 0 radical (unpaired) electrons. The van der Waals surface area contributed by atoms with Crippen molar-refractivity contribution in [2.24, 2.45) is 5.73 Å². The molecule has 1 saturated heterocycles. The third-order valence-corrected chi connectivity index (χ3v) is 3.39. The second-order valence-electron chi connectivity index (χ2n) is 3.90. The van der Waals surface area contributed by atoms with Gasteiger partial charge in [-0.25, -0.2) is 4.98 Å². The molecule has 82 valence electrons. The molecule has 1 unspecified atom stereocenters. The molecule has 0 bridgehead atoms. The van der Waals surface area contributed by atoms with Gasteiger partial charge in [0.2, 0.25) is 5.78 Å². The fourth-order valence-electron chi connectivity index (χ4n) is 1.87. The van der Waals surface area contributed by atoms with Crippen LogP contribution in [0.3, 0.4) is 0 Å². The summed E-state index contributed by atoms with van der Waals surface area (Å²) >= 11 is 1.40. The fourth-order valence-corrected chi connectivity index (χ4v) is 2.44. The maximum atomic E-state index is 11.7. The number of piperidine rings is 1. The molecule has 2 heterocycles. The molecule has 0 aliphatic carbocycles. The van der Waals surface area contributed by atoms with Crippen molar-refractivity contribution in [2.75, 3.05) is 19.6 Å². The van der Waals surface area contributed by atoms with Crippen molar-refractivity contribution in [3.8, 4) is 0 Å². The van der Waals surface area contributed by atoms with Gasteiger partial charge in [0.1, 0.15) is 0 Å². The van der Waals surface area contributed by atoms with Crippen LogP contribution >= 0.6 is 11.3 Å². The Morgan fingerprint density at radius 2 is 2.60 bits per heavy atom. The molecule has 0 spiro atoms. The van der Waals surface area contributed by atoms with Crippen LogP contribution in [0.4, 0.5) is 0 Å². The van der Waals surface area contributed by atoms with Crippen LogP contribution in [0.15, 0.2) is 11.6 Å². The average Bonchev–Trinajstić information content (AvgIpc) is 2.70. The van der Waals surface area contributed by atoms with Crippen molar-refractivity contribution in [1.82, 2.24) is 9.88 Å². The Bertz CT molecular complexity index is 325. The van der Waals surface area contributed by atoms with Gasteiger partial charge in [-0.1, -0.05) is 0 Å². The van der Waals surface area contributed by atoms with E-state index >= 15 is 0 Å². The van der Waals surface area contributed by atoms with E-state index in [1.165, 1.54) is 11.3 Å². The van der Waals surface area contributed by atoms with Gasteiger partial charge in [-0.05, 0) is 19.4 Å². The SMILES string of the molecule is NC1CCCN(CC(=O)c2nccs2)C1. The van der Waals surface area contributed by atoms with Crippen molar-refractivity contribution in [3.63, 3.8) is 0 Å². The smallest absolute Gasteiger partial charge is 0.205 e. The van der Waals surface area contributed by atoms with E-state index in [0.29, 0.717) is 11.6 Å². The minimum atomic E-state index is 0.110. The van der Waals surface area contributed by atoms with Gasteiger partial charge in [-0.2, -0.15) is 0 Å². The number of Topliss-reactive ketones (excluding diaryl/α,β-unsaturated/α-hetero) is 1. The molecule has 4 nitrogen and oxygen atoms in total. The predicted molar refractivity (Wildman–Crippen MR) is 60.1 cm³/mol. The summed E-state index contributed by atoms with van der Waals surface area (Å²) in [6.45, 7) is 2.27. The third-order valence-electron chi connectivity index (χ3n) is 2.58. The molecule has 15 heavy (non-hydrogen) atoms. The lowest BCUT2D eigenvalue weighted by Gasteiger charge is -2.29. The Hall–Kier alpha value is -0.780. The van der Waals surface area contributed by atoms with Crippen molar-refractivity contribution in [1.29, 1.82) is 0 Å². The second kappa shape index (κ2) is 4.83. The lowest BCUT2D eigenvalue weighted by atomic mass is 10.1. The zero-order valence-electron chi connectivity index (χ0n) is 8.56. The van der Waals surface area contributed by atoms with E-state index in [-0.39, 0.29) is 11.8 Å². The zero-order chi connectivity index (χ0) is 10.7. The Kier molecular flexibility index (Phi) is 3.45. The van der Waals surface area contributed by atoms with Crippen LogP contribution in [0.1, 0.15) is 22.6 Å². The van der Waals surface area contributed by atoms with E-state index in [2.05, 4.69) is 9.88 Å². The third kappa shape index (κ3) is 2.84. The number of hydrogen-bond acceptors (Lipinski definition) is 5. The van der Waals surface area contributed by atoms with Crippen LogP contribution in [-0.4, -0.2) is 41.3 Å². The van der Waals surface area contributed by atoms with E-state index in [1.54, 1.807) is 6.20 Å². The summed E-state index contributed by atoms with van der Waals surface area (Å²) in [5.41, 5.74) is 5.85. The zero-order valence-corrected chi connectivity index (χ0v) is 9.37. The van der Waals surface area contributed by atoms with Gasteiger partial charge in [0.25, 0.3) is 0 Å². The number of carbonyl (C=O) groups is 1. The van der Waals surface area contributed by atoms with Crippen LogP contribution in [0.5, 0.6) is 0 Å². The van der Waals surface area contributed by atoms with E-state index in [9.17, 15) is 4.79 Å². The van der Waals surface area contributed by atoms with Gasteiger partial charge < -0.3 is 5.73 Å². The number of rotatable bonds is 3. The topological polar surface area (TPSA) is 59.2 Å². The van der Waals surface area contributed by atoms with Gasteiger partial charge in [-0.3, -0.25) is 9.69 Å². The highest BCUT2D eigenvalue weighted by molar-refractivity contribution is 7.11. The summed E-state index contributed by atoms with van der Waals surface area (Å²) in [6, 6.07) is 0.225. The number of likely N-dealkylation sites (tertiary alicyclic amines) is 1. The number of nitrogens with zero attached hydrogens (tertiary/aromatic N) is 2. The Balaban J connectivity index is 1.89. The standard InChI is InChI=1S/C10H15N3OS/c11-8-2-1-4-13(6-8)7-9(14)10-12-3-5-15-10/h3,5,8H,1-2,4,6-7,11H2. The van der Waals surface area contributed by atoms with E-state index in [4.69, 9.17) is 5.73 Å². The van der Waals surface area contributed by atoms with Crippen LogP contribution in [0.2, 0.25) is 0 Å². The minimum absolute atomic E-state index is 0.110. The first kappa shape index (κ1) is 10.7. The molecule has 1 aliphatic rings. The van der Waals surface area contributed by atoms with Crippen molar-refractivity contribution >= 4 is 17.1 Å². The first-order valence-corrected chi connectivity index (χ1v) is 6.04. The van der Waals surface area contributed by atoms with Crippen molar-refractivity contribution in [2.45, 2.75) is 18.9 Å². The summed E-state index contributed by atoms with van der Waals surface area (Å²) in [5, 5.41) is 2.43. The molecular weight excluding hydrogens is 210 g/mol. The summed E-state index contributed by atoms with van der Waals surface area (Å²) in [5.74, 6) is 0.110. The maximum Gasteiger partial charge on any atom is 0.205 e. The number of thiazole rings is 1. The van der Waals surface area contributed by atoms with Gasteiger partial charge in [0.05, 0.1) is 6.54 Å². The predicted octanol–water partition coefficient (Wildman–Crippen LogP) is 0.749. The van der Waals surface area contributed by atoms with Gasteiger partial charge in [0.15, 0.2) is 5.01 Å². The monoisotopic (exact) mass is 225 g/mol. The molecule has 2 N–H and O–H groups in total. The number of aromatic nitrogens is 1. The molecule has 5 heteroatoms. The Labute approximate surface area is 93.1 Å². The highest BCUT2D eigenvalue weighted by Gasteiger charge is 2.20. The minimum Gasteiger partial charge on any atom is -0.327 e. The molecule has 0 saturated carbocycles. The molecule has 1 fully saturated rings. The lowest BCUT2D eigenvalue weighted by Crippen LogP contribution is -2.44. The molecular formula is C10H15N3OS. The number of hydrogen-bond donors (Lipinski definition) is 1. The van der Waals surface area contributed by atoms with Gasteiger partial charge >= 0.3 is 0 Å². The van der Waals surface area contributed by atoms with Crippen LogP contribution in [-0.2, 0) is 0 Å². The molecule has 1 aromatic rings. The molecule has 0 amide bonds. The quantitative estimate of drug-likeness (QED) is 0.771. The average molecular weight is 225 g/mol. The largest absolute Gasteiger partial charge is 0.327 e. The van der Waals surface area contributed by atoms with E-state index < -0.39 is 0 Å². The summed E-state index contributed by atoms with van der Waals surface area (Å²) < 4.78 is 0.